The smallest absolute Gasteiger partial charge is 0.311 e. The Bertz CT molecular complexity index is 1340. The summed E-state index contributed by atoms with van der Waals surface area (Å²) >= 11 is 0. The van der Waals surface area contributed by atoms with Gasteiger partial charge in [-0.25, -0.2) is 0 Å². The highest BCUT2D eigenvalue weighted by Gasteiger charge is 2.53. The fraction of sp³-hybridized carbons (Fsp3) is 0.881. The van der Waals surface area contributed by atoms with Crippen molar-refractivity contribution in [2.75, 3.05) is 34.8 Å². The van der Waals surface area contributed by atoms with Crippen molar-refractivity contribution >= 4 is 17.9 Å². The van der Waals surface area contributed by atoms with Gasteiger partial charge in [0, 0.05) is 45.9 Å². The molecule has 0 unspecified atom stereocenters. The van der Waals surface area contributed by atoms with Crippen LogP contribution in [0.15, 0.2) is 11.6 Å². The summed E-state index contributed by atoms with van der Waals surface area (Å²) in [7, 11) is 7.42. The zero-order chi connectivity index (χ0) is 42.4. The maximum atomic E-state index is 14.3. The molecule has 3 rings (SSSR count). The van der Waals surface area contributed by atoms with E-state index in [-0.39, 0.29) is 30.5 Å². The second kappa shape index (κ2) is 20.2. The van der Waals surface area contributed by atoms with Crippen LogP contribution in [-0.4, -0.2) is 146 Å². The molecule has 324 valence electrons. The highest BCUT2D eigenvalue weighted by atomic mass is 16.7. The minimum absolute atomic E-state index is 0.000587. The first-order valence-corrected chi connectivity index (χ1v) is 20.4. The molecule has 0 spiro atoms. The number of hydrogen-bond donors (Lipinski definition) is 1. The predicted molar refractivity (Wildman–Crippen MR) is 210 cm³/mol. The van der Waals surface area contributed by atoms with Gasteiger partial charge in [0.15, 0.2) is 24.8 Å². The second-order valence-electron chi connectivity index (χ2n) is 17.6. The van der Waals surface area contributed by atoms with Crippen LogP contribution in [0.1, 0.15) is 109 Å². The molecule has 56 heavy (non-hydrogen) atoms. The fourth-order valence-electron chi connectivity index (χ4n) is 9.00. The van der Waals surface area contributed by atoms with Gasteiger partial charge in [-0.05, 0) is 100 Å². The van der Waals surface area contributed by atoms with Crippen LogP contribution in [0, 0.1) is 17.8 Å². The molecule has 14 heteroatoms. The molecule has 14 nitrogen and oxygen atoms in total. The maximum Gasteiger partial charge on any atom is 0.311 e. The SMILES string of the molecule is CC[C@H]1OC(=O)[C@H](C)[C@@H](O[C@H]2C[C@@](C)(OC)[C@@H](OC(C)=O)[C@H](C)O2)[C@H](C)[C@@H](O[C@@H]2O[C@H](C)C[C@H](N(C)C)[C@H]2OC(C)=O)[C@](C)(O)C[C@@H](C)CN(C)[C@H](C)/C=C/1C. The molecule has 1 N–H and O–H groups in total. The first-order valence-electron chi connectivity index (χ1n) is 20.4. The summed E-state index contributed by atoms with van der Waals surface area (Å²) in [5, 5.41) is 12.7. The van der Waals surface area contributed by atoms with Crippen molar-refractivity contribution in [2.24, 2.45) is 17.8 Å². The topological polar surface area (TPSA) is 152 Å². The molecule has 0 saturated carbocycles. The molecule has 0 bridgehead atoms. The summed E-state index contributed by atoms with van der Waals surface area (Å²) in [5.74, 6) is -3.00. The molecule has 0 aromatic carbocycles. The molecular weight excluding hydrogens is 724 g/mol. The number of cyclic esters (lactones) is 1. The van der Waals surface area contributed by atoms with Gasteiger partial charge >= 0.3 is 17.9 Å². The molecule has 0 amide bonds. The molecule has 0 aromatic rings. The van der Waals surface area contributed by atoms with Crippen molar-refractivity contribution in [1.82, 2.24) is 9.80 Å². The number of aliphatic hydroxyl groups is 1. The van der Waals surface area contributed by atoms with Crippen molar-refractivity contribution in [3.05, 3.63) is 11.6 Å². The monoisotopic (exact) mass is 799 g/mol. The minimum atomic E-state index is -1.51. The highest BCUT2D eigenvalue weighted by molar-refractivity contribution is 5.73. The van der Waals surface area contributed by atoms with Gasteiger partial charge < -0.3 is 47.9 Å². The lowest BCUT2D eigenvalue weighted by atomic mass is 9.77. The van der Waals surface area contributed by atoms with Gasteiger partial charge in [-0.15, -0.1) is 0 Å². The molecule has 0 aromatic heterocycles. The quantitative estimate of drug-likeness (QED) is 0.192. The first-order chi connectivity index (χ1) is 25.9. The van der Waals surface area contributed by atoms with Crippen LogP contribution >= 0.6 is 0 Å². The van der Waals surface area contributed by atoms with Gasteiger partial charge in [-0.1, -0.05) is 26.8 Å². The number of nitrogens with zero attached hydrogens (tertiary/aromatic N) is 2. The van der Waals surface area contributed by atoms with E-state index in [0.29, 0.717) is 25.8 Å². The zero-order valence-corrected chi connectivity index (χ0v) is 37.0. The van der Waals surface area contributed by atoms with Crippen LogP contribution < -0.4 is 0 Å². The second-order valence-corrected chi connectivity index (χ2v) is 17.6. The standard InChI is InChI=1S/C42H74N2O12/c1-17-33-24(3)18-25(4)44(15)22-23(2)20-41(11,48)37(56-40-36(52-30(9)45)32(43(13)14)19-26(5)50-40)27(6)35(28(7)39(47)54-33)55-34-21-42(12,49-16)38(29(8)51-34)53-31(10)46/h18,23,25-29,32-38,40,48H,17,19-22H2,1-16H3/b24-18+/t23-,25-,26-,27+,28-,29+,32+,33-,34+,35+,36-,37-,38+,40+,41-,42-/m1/s1. The summed E-state index contributed by atoms with van der Waals surface area (Å²) in [6.45, 7) is 22.5. The Morgan fingerprint density at radius 1 is 0.964 bits per heavy atom. The van der Waals surface area contributed by atoms with E-state index in [0.717, 1.165) is 5.57 Å². The van der Waals surface area contributed by atoms with Gasteiger partial charge in [-0.3, -0.25) is 19.3 Å². The van der Waals surface area contributed by atoms with Gasteiger partial charge in [0.25, 0.3) is 0 Å². The fourth-order valence-corrected chi connectivity index (χ4v) is 9.00. The van der Waals surface area contributed by atoms with Crippen LogP contribution in [0.2, 0.25) is 0 Å². The lowest BCUT2D eigenvalue weighted by molar-refractivity contribution is -0.319. The maximum absolute atomic E-state index is 14.3. The number of rotatable bonds is 9. The number of likely N-dealkylation sites (N-methyl/N-ethyl adjacent to an activating group) is 2. The van der Waals surface area contributed by atoms with E-state index in [9.17, 15) is 19.5 Å². The number of ether oxygens (including phenoxy) is 8. The van der Waals surface area contributed by atoms with Gasteiger partial charge in [0.2, 0.25) is 0 Å². The number of methoxy groups -OCH3 is 1. The molecule has 3 aliphatic heterocycles. The van der Waals surface area contributed by atoms with Crippen molar-refractivity contribution in [3.8, 4) is 0 Å². The van der Waals surface area contributed by atoms with E-state index in [1.54, 1.807) is 27.9 Å². The predicted octanol–water partition coefficient (Wildman–Crippen LogP) is 4.88. The lowest BCUT2D eigenvalue weighted by Gasteiger charge is -2.49. The van der Waals surface area contributed by atoms with E-state index in [4.69, 9.17) is 37.9 Å². The molecule has 2 saturated heterocycles. The van der Waals surface area contributed by atoms with Crippen LogP contribution in [0.3, 0.4) is 0 Å². The van der Waals surface area contributed by atoms with E-state index in [1.165, 1.54) is 13.8 Å². The van der Waals surface area contributed by atoms with Crippen LogP contribution in [0.25, 0.3) is 0 Å². The Hall–Kier alpha value is -2.17. The van der Waals surface area contributed by atoms with E-state index < -0.39 is 90.1 Å². The zero-order valence-electron chi connectivity index (χ0n) is 37.0. The Labute approximate surface area is 336 Å². The number of carbonyl (C=O) groups excluding carboxylic acids is 3. The Morgan fingerprint density at radius 3 is 2.14 bits per heavy atom. The molecule has 3 aliphatic rings. The largest absolute Gasteiger partial charge is 0.458 e. The van der Waals surface area contributed by atoms with E-state index in [2.05, 4.69) is 24.8 Å². The van der Waals surface area contributed by atoms with Crippen molar-refractivity contribution in [2.45, 2.75) is 187 Å². The lowest BCUT2D eigenvalue weighted by Crippen LogP contribution is -2.61. The Balaban J connectivity index is 2.20. The summed E-state index contributed by atoms with van der Waals surface area (Å²) in [6, 6.07) is -0.207. The molecule has 0 radical (unpaired) electrons. The molecular formula is C42H74N2O12. The summed E-state index contributed by atoms with van der Waals surface area (Å²) in [4.78, 5) is 43.1. The minimum Gasteiger partial charge on any atom is -0.458 e. The normalized spacial score (nSPS) is 43.5. The van der Waals surface area contributed by atoms with Crippen molar-refractivity contribution in [1.29, 1.82) is 0 Å². The Kier molecular flexibility index (Phi) is 17.4. The van der Waals surface area contributed by atoms with Gasteiger partial charge in [0.05, 0.1) is 42.0 Å². The summed E-state index contributed by atoms with van der Waals surface area (Å²) < 4.78 is 50.4. The number of hydrogen-bond acceptors (Lipinski definition) is 14. The summed E-state index contributed by atoms with van der Waals surface area (Å²) in [5.41, 5.74) is -1.55. The van der Waals surface area contributed by atoms with Gasteiger partial charge in [0.1, 0.15) is 11.7 Å². The third kappa shape index (κ3) is 12.2. The number of esters is 3. The van der Waals surface area contributed by atoms with Crippen molar-refractivity contribution < 1.29 is 57.4 Å². The molecule has 2 fully saturated rings. The Morgan fingerprint density at radius 2 is 1.59 bits per heavy atom. The number of carbonyl (C=O) groups is 3. The summed E-state index contributed by atoms with van der Waals surface area (Å²) in [6.07, 6.45) is -3.02. The average Bonchev–Trinajstić information content (AvgIpc) is 3.08. The van der Waals surface area contributed by atoms with Crippen LogP contribution in [0.4, 0.5) is 0 Å². The first kappa shape index (κ1) is 48.2. The molecule has 0 aliphatic carbocycles. The van der Waals surface area contributed by atoms with Gasteiger partial charge in [-0.2, -0.15) is 0 Å². The average molecular weight is 799 g/mol. The molecule has 16 atom stereocenters. The van der Waals surface area contributed by atoms with E-state index >= 15 is 0 Å². The van der Waals surface area contributed by atoms with Crippen molar-refractivity contribution in [3.63, 3.8) is 0 Å². The van der Waals surface area contributed by atoms with E-state index in [1.807, 2.05) is 60.7 Å². The third-order valence-corrected chi connectivity index (χ3v) is 12.0. The van der Waals surface area contributed by atoms with Crippen LogP contribution in [-0.2, 0) is 52.3 Å². The highest BCUT2D eigenvalue weighted by Crippen LogP contribution is 2.40. The third-order valence-electron chi connectivity index (χ3n) is 12.0. The van der Waals surface area contributed by atoms with Crippen LogP contribution in [0.5, 0.6) is 0 Å². The molecule has 3 heterocycles.